The molecule has 0 radical (unpaired) electrons. The SMILES string of the molecule is C=CC1CC1(NC(=O)C1CC(Oc2nccc3cccc(OC)c23)CN1C(=O)C(NC(=O)OC(C)(C)C)C(C)(C)C)C(=O)NS(=O)(=O)C1CC1. The van der Waals surface area contributed by atoms with E-state index < -0.39 is 79.7 Å². The molecule has 0 spiro atoms. The molecule has 1 saturated heterocycles. The lowest BCUT2D eigenvalue weighted by atomic mass is 9.85. The predicted octanol–water partition coefficient (Wildman–Crippen LogP) is 3.20. The van der Waals surface area contributed by atoms with E-state index in [4.69, 9.17) is 14.2 Å². The molecular weight excluding hydrogens is 666 g/mol. The second-order valence-corrected chi connectivity index (χ2v) is 17.2. The Bertz CT molecular complexity index is 1790. The molecular formula is C35H47N5O9S. The second-order valence-electron chi connectivity index (χ2n) is 15.3. The zero-order valence-corrected chi connectivity index (χ0v) is 30.4. The molecule has 50 heavy (non-hydrogen) atoms. The van der Waals surface area contributed by atoms with Gasteiger partial charge in [-0.25, -0.2) is 18.2 Å². The average molecular weight is 714 g/mol. The highest BCUT2D eigenvalue weighted by Crippen LogP contribution is 2.45. The van der Waals surface area contributed by atoms with Crippen molar-refractivity contribution in [3.8, 4) is 11.6 Å². The topological polar surface area (TPSA) is 182 Å². The lowest BCUT2D eigenvalue weighted by molar-refractivity contribution is -0.143. The minimum absolute atomic E-state index is 0.00488. The first-order chi connectivity index (χ1) is 23.3. The molecule has 5 rings (SSSR count). The first-order valence-electron chi connectivity index (χ1n) is 16.7. The van der Waals surface area contributed by atoms with Crippen LogP contribution in [0.2, 0.25) is 0 Å². The van der Waals surface area contributed by atoms with Crippen LogP contribution in [0.4, 0.5) is 4.79 Å². The number of carbonyl (C=O) groups excluding carboxylic acids is 4. The standard InChI is InChI=1S/C35H47N5O9S/c1-9-21-18-35(21,31(43)39-50(45,46)23-13-14-23)38-28(41)24-17-22(48-29-26-20(15-16-36-29)11-10-12-25(26)47-8)19-40(24)30(42)27(33(2,3)4)37-32(44)49-34(5,6)7/h9-12,15-16,21-24,27H,1,13-14,17-19H2,2-8H3,(H,37,44)(H,38,41)(H,39,43). The summed E-state index contributed by atoms with van der Waals surface area (Å²) in [4.78, 5) is 60.8. The number of amides is 4. The van der Waals surface area contributed by atoms with Gasteiger partial charge in [0.05, 0.1) is 24.3 Å². The van der Waals surface area contributed by atoms with Gasteiger partial charge in [-0.15, -0.1) is 6.58 Å². The second kappa shape index (κ2) is 13.4. The summed E-state index contributed by atoms with van der Waals surface area (Å²) < 4.78 is 44.9. The van der Waals surface area contributed by atoms with Gasteiger partial charge in [-0.3, -0.25) is 19.1 Å². The first kappa shape index (κ1) is 36.9. The summed E-state index contributed by atoms with van der Waals surface area (Å²) >= 11 is 0. The first-order valence-corrected chi connectivity index (χ1v) is 18.2. The molecule has 1 aliphatic heterocycles. The number of rotatable bonds is 11. The van der Waals surface area contributed by atoms with Crippen molar-refractivity contribution >= 4 is 44.6 Å². The Morgan fingerprint density at radius 3 is 2.38 bits per heavy atom. The zero-order chi connectivity index (χ0) is 36.8. The Kier molecular flexibility index (Phi) is 9.87. The predicted molar refractivity (Wildman–Crippen MR) is 185 cm³/mol. The third-order valence-corrected chi connectivity index (χ3v) is 10.9. The third kappa shape index (κ3) is 7.82. The van der Waals surface area contributed by atoms with Gasteiger partial charge in [0, 0.05) is 18.5 Å². The number of likely N-dealkylation sites (tertiary alicyclic amines) is 1. The normalized spacial score (nSPS) is 24.1. The molecule has 2 saturated carbocycles. The molecule has 3 N–H and O–H groups in total. The van der Waals surface area contributed by atoms with Crippen LogP contribution in [0, 0.1) is 11.3 Å². The third-order valence-electron chi connectivity index (χ3n) is 9.09. The number of aromatic nitrogens is 1. The van der Waals surface area contributed by atoms with E-state index in [0.717, 1.165) is 5.39 Å². The number of nitrogens with zero attached hydrogens (tertiary/aromatic N) is 2. The molecule has 3 aliphatic rings. The number of fused-ring (bicyclic) bond motifs is 1. The molecule has 2 heterocycles. The number of hydrogen-bond acceptors (Lipinski definition) is 10. The number of hydrogen-bond donors (Lipinski definition) is 3. The minimum Gasteiger partial charge on any atom is -0.496 e. The fourth-order valence-corrected chi connectivity index (χ4v) is 7.58. The van der Waals surface area contributed by atoms with Crippen LogP contribution >= 0.6 is 0 Å². The van der Waals surface area contributed by atoms with Gasteiger partial charge in [0.25, 0.3) is 5.91 Å². The highest BCUT2D eigenvalue weighted by Gasteiger charge is 2.62. The van der Waals surface area contributed by atoms with Gasteiger partial charge < -0.3 is 29.7 Å². The van der Waals surface area contributed by atoms with Gasteiger partial charge in [0.15, 0.2) is 0 Å². The van der Waals surface area contributed by atoms with E-state index >= 15 is 0 Å². The van der Waals surface area contributed by atoms with Crippen LogP contribution in [0.25, 0.3) is 10.8 Å². The van der Waals surface area contributed by atoms with Crippen LogP contribution in [0.5, 0.6) is 11.6 Å². The van der Waals surface area contributed by atoms with Crippen molar-refractivity contribution in [3.63, 3.8) is 0 Å². The fourth-order valence-electron chi connectivity index (χ4n) is 6.22. The van der Waals surface area contributed by atoms with Gasteiger partial charge in [0.1, 0.15) is 35.1 Å². The molecule has 5 unspecified atom stereocenters. The van der Waals surface area contributed by atoms with E-state index in [1.54, 1.807) is 59.9 Å². The Labute approximate surface area is 292 Å². The summed E-state index contributed by atoms with van der Waals surface area (Å²) in [5, 5.41) is 6.24. The Morgan fingerprint density at radius 1 is 1.10 bits per heavy atom. The molecule has 15 heteroatoms. The molecule has 0 bridgehead atoms. The number of sulfonamides is 1. The van der Waals surface area contributed by atoms with E-state index in [-0.39, 0.29) is 25.3 Å². The molecule has 2 aromatic rings. The molecule has 3 fully saturated rings. The van der Waals surface area contributed by atoms with E-state index in [9.17, 15) is 27.6 Å². The molecule has 2 aliphatic carbocycles. The Balaban J connectivity index is 1.46. The van der Waals surface area contributed by atoms with Crippen molar-refractivity contribution < 1.29 is 41.8 Å². The van der Waals surface area contributed by atoms with Crippen LogP contribution < -0.4 is 24.8 Å². The molecule has 272 valence electrons. The van der Waals surface area contributed by atoms with Gasteiger partial charge >= 0.3 is 6.09 Å². The Hall–Kier alpha value is -4.40. The number of nitrogens with one attached hydrogen (secondary N) is 3. The zero-order valence-electron chi connectivity index (χ0n) is 29.6. The van der Waals surface area contributed by atoms with E-state index in [0.29, 0.717) is 24.0 Å². The number of methoxy groups -OCH3 is 1. The van der Waals surface area contributed by atoms with E-state index in [2.05, 4.69) is 26.9 Å². The van der Waals surface area contributed by atoms with E-state index in [1.165, 1.54) is 18.1 Å². The minimum atomic E-state index is -3.90. The fraction of sp³-hybridized carbons (Fsp3) is 0.571. The number of benzene rings is 1. The molecule has 1 aromatic heterocycles. The smallest absolute Gasteiger partial charge is 0.408 e. The van der Waals surface area contributed by atoms with Gasteiger partial charge in [-0.2, -0.15) is 0 Å². The largest absolute Gasteiger partial charge is 0.496 e. The maximum Gasteiger partial charge on any atom is 0.408 e. The summed E-state index contributed by atoms with van der Waals surface area (Å²) in [6.07, 6.45) is 2.59. The average Bonchev–Trinajstić information content (AvgIpc) is 3.95. The summed E-state index contributed by atoms with van der Waals surface area (Å²) in [6.45, 7) is 14.1. The van der Waals surface area contributed by atoms with Crippen LogP contribution in [-0.4, -0.2) is 90.3 Å². The maximum absolute atomic E-state index is 14.4. The maximum atomic E-state index is 14.4. The summed E-state index contributed by atoms with van der Waals surface area (Å²) in [5.41, 5.74) is -3.21. The van der Waals surface area contributed by atoms with Crippen molar-refractivity contribution in [1.82, 2.24) is 25.2 Å². The number of carbonyl (C=O) groups is 4. The van der Waals surface area contributed by atoms with Crippen molar-refractivity contribution in [2.45, 2.75) is 102 Å². The number of alkyl carbamates (subject to hydrolysis) is 1. The summed E-state index contributed by atoms with van der Waals surface area (Å²) in [5.74, 6) is -1.85. The van der Waals surface area contributed by atoms with Crippen LogP contribution in [0.15, 0.2) is 43.1 Å². The molecule has 5 atom stereocenters. The lowest BCUT2D eigenvalue weighted by Crippen LogP contribution is -2.60. The van der Waals surface area contributed by atoms with Crippen molar-refractivity contribution in [2.24, 2.45) is 11.3 Å². The highest BCUT2D eigenvalue weighted by atomic mass is 32.2. The number of ether oxygens (including phenoxy) is 3. The van der Waals surface area contributed by atoms with Gasteiger partial charge in [-0.05, 0) is 63.0 Å². The van der Waals surface area contributed by atoms with Crippen LogP contribution in [0.3, 0.4) is 0 Å². The lowest BCUT2D eigenvalue weighted by Gasteiger charge is -2.36. The number of pyridine rings is 1. The Morgan fingerprint density at radius 2 is 1.80 bits per heavy atom. The van der Waals surface area contributed by atoms with Crippen LogP contribution in [-0.2, 0) is 29.1 Å². The quantitative estimate of drug-likeness (QED) is 0.293. The van der Waals surface area contributed by atoms with Crippen molar-refractivity contribution in [2.75, 3.05) is 13.7 Å². The monoisotopic (exact) mass is 713 g/mol. The van der Waals surface area contributed by atoms with Gasteiger partial charge in [-0.1, -0.05) is 39.0 Å². The van der Waals surface area contributed by atoms with Crippen molar-refractivity contribution in [1.29, 1.82) is 0 Å². The van der Waals surface area contributed by atoms with Gasteiger partial charge in [0.2, 0.25) is 27.7 Å². The molecule has 14 nitrogen and oxygen atoms in total. The molecule has 4 amide bonds. The summed E-state index contributed by atoms with van der Waals surface area (Å²) in [7, 11) is -2.37. The van der Waals surface area contributed by atoms with Crippen molar-refractivity contribution in [3.05, 3.63) is 43.1 Å². The highest BCUT2D eigenvalue weighted by molar-refractivity contribution is 7.91. The van der Waals surface area contributed by atoms with Crippen LogP contribution in [0.1, 0.15) is 67.2 Å². The van der Waals surface area contributed by atoms with E-state index in [1.807, 2.05) is 12.1 Å². The molecule has 1 aromatic carbocycles. The summed E-state index contributed by atoms with van der Waals surface area (Å²) in [6, 6.07) is 5.01.